The number of benzene rings is 1. The molecule has 0 aliphatic heterocycles. The lowest BCUT2D eigenvalue weighted by molar-refractivity contribution is 0.112. The summed E-state index contributed by atoms with van der Waals surface area (Å²) in [4.78, 5) is 10.5. The molecule has 2 atom stereocenters. The maximum absolute atomic E-state index is 13.2. The van der Waals surface area contributed by atoms with E-state index in [1.807, 2.05) is 24.3 Å². The Bertz CT molecular complexity index is 331. The largest absolute Gasteiger partial charge is 0.298 e. The molecule has 80 valence electrons. The highest BCUT2D eigenvalue weighted by Gasteiger charge is 2.22. The first-order valence-corrected chi connectivity index (χ1v) is 5.49. The van der Waals surface area contributed by atoms with Crippen LogP contribution in [0.3, 0.4) is 0 Å². The van der Waals surface area contributed by atoms with Crippen molar-refractivity contribution in [1.29, 1.82) is 0 Å². The van der Waals surface area contributed by atoms with E-state index < -0.39 is 6.17 Å². The van der Waals surface area contributed by atoms with Crippen LogP contribution >= 0.6 is 0 Å². The van der Waals surface area contributed by atoms with E-state index in [1.54, 1.807) is 0 Å². The summed E-state index contributed by atoms with van der Waals surface area (Å²) in [7, 11) is 0. The van der Waals surface area contributed by atoms with Crippen molar-refractivity contribution in [2.75, 3.05) is 0 Å². The molecule has 1 saturated carbocycles. The third kappa shape index (κ3) is 2.44. The number of carbonyl (C=O) groups is 1. The maximum Gasteiger partial charge on any atom is 0.150 e. The van der Waals surface area contributed by atoms with Crippen LogP contribution in [-0.2, 0) is 0 Å². The lowest BCUT2D eigenvalue weighted by Crippen LogP contribution is -2.14. The Morgan fingerprint density at radius 3 is 2.53 bits per heavy atom. The monoisotopic (exact) mass is 206 g/mol. The van der Waals surface area contributed by atoms with E-state index >= 15 is 0 Å². The van der Waals surface area contributed by atoms with Crippen molar-refractivity contribution in [3.63, 3.8) is 0 Å². The summed E-state index contributed by atoms with van der Waals surface area (Å²) < 4.78 is 13.2. The third-order valence-corrected chi connectivity index (χ3v) is 3.15. The second-order valence-corrected chi connectivity index (χ2v) is 4.25. The van der Waals surface area contributed by atoms with Crippen molar-refractivity contribution < 1.29 is 9.18 Å². The molecule has 0 aromatic heterocycles. The van der Waals surface area contributed by atoms with E-state index in [0.717, 1.165) is 19.1 Å². The molecular formula is C13H15FO. The first-order valence-electron chi connectivity index (χ1n) is 5.49. The van der Waals surface area contributed by atoms with Crippen molar-refractivity contribution in [1.82, 2.24) is 0 Å². The van der Waals surface area contributed by atoms with Gasteiger partial charge in [0, 0.05) is 5.56 Å². The van der Waals surface area contributed by atoms with E-state index in [-0.39, 0.29) is 0 Å². The third-order valence-electron chi connectivity index (χ3n) is 3.15. The van der Waals surface area contributed by atoms with Gasteiger partial charge in [-0.3, -0.25) is 4.79 Å². The van der Waals surface area contributed by atoms with Crippen molar-refractivity contribution >= 4 is 6.29 Å². The highest BCUT2D eigenvalue weighted by molar-refractivity contribution is 5.74. The number of hydrogen-bond acceptors (Lipinski definition) is 1. The second-order valence-electron chi connectivity index (χ2n) is 4.25. The molecule has 2 rings (SSSR count). The average Bonchev–Trinajstić information content (AvgIpc) is 2.29. The topological polar surface area (TPSA) is 17.1 Å². The molecule has 0 amide bonds. The van der Waals surface area contributed by atoms with Crippen LogP contribution < -0.4 is 0 Å². The average molecular weight is 206 g/mol. The second kappa shape index (κ2) is 4.56. The molecule has 1 aliphatic rings. The number of rotatable bonds is 2. The maximum atomic E-state index is 13.2. The minimum atomic E-state index is -0.644. The molecule has 1 aromatic carbocycles. The zero-order valence-corrected chi connectivity index (χ0v) is 8.66. The lowest BCUT2D eigenvalue weighted by Gasteiger charge is -2.24. The van der Waals surface area contributed by atoms with Crippen molar-refractivity contribution in [3.05, 3.63) is 35.4 Å². The molecule has 2 unspecified atom stereocenters. The standard InChI is InChI=1S/C13H15FO/c14-13-3-1-2-12(8-13)11-6-4-10(9-15)5-7-11/h4-7,9,12-13H,1-3,8H2. The van der Waals surface area contributed by atoms with Crippen LogP contribution in [0.1, 0.15) is 47.5 Å². The molecule has 0 heterocycles. The van der Waals surface area contributed by atoms with Gasteiger partial charge < -0.3 is 0 Å². The first kappa shape index (κ1) is 10.3. The quantitative estimate of drug-likeness (QED) is 0.677. The smallest absolute Gasteiger partial charge is 0.150 e. The fourth-order valence-corrected chi connectivity index (χ4v) is 2.28. The fraction of sp³-hybridized carbons (Fsp3) is 0.462. The zero-order chi connectivity index (χ0) is 10.7. The predicted octanol–water partition coefficient (Wildman–Crippen LogP) is 3.49. The Hall–Kier alpha value is -1.18. The van der Waals surface area contributed by atoms with Crippen LogP contribution in [0, 0.1) is 0 Å². The number of hydrogen-bond donors (Lipinski definition) is 0. The number of aldehydes is 1. The van der Waals surface area contributed by atoms with Gasteiger partial charge in [-0.05, 0) is 37.2 Å². The molecule has 1 aliphatic carbocycles. The van der Waals surface area contributed by atoms with Crippen LogP contribution in [0.2, 0.25) is 0 Å². The van der Waals surface area contributed by atoms with Gasteiger partial charge >= 0.3 is 0 Å². The molecule has 0 saturated heterocycles. The predicted molar refractivity (Wildman–Crippen MR) is 57.9 cm³/mol. The lowest BCUT2D eigenvalue weighted by atomic mass is 9.83. The van der Waals surface area contributed by atoms with Crippen molar-refractivity contribution in [2.24, 2.45) is 0 Å². The van der Waals surface area contributed by atoms with Gasteiger partial charge in [0.2, 0.25) is 0 Å². The van der Waals surface area contributed by atoms with Crippen LogP contribution in [-0.4, -0.2) is 12.5 Å². The van der Waals surface area contributed by atoms with Gasteiger partial charge in [0.25, 0.3) is 0 Å². The molecule has 1 fully saturated rings. The van der Waals surface area contributed by atoms with Crippen molar-refractivity contribution in [3.8, 4) is 0 Å². The van der Waals surface area contributed by atoms with Crippen LogP contribution in [0.4, 0.5) is 4.39 Å². The number of carbonyl (C=O) groups excluding carboxylic acids is 1. The zero-order valence-electron chi connectivity index (χ0n) is 8.66. The fourth-order valence-electron chi connectivity index (χ4n) is 2.28. The van der Waals surface area contributed by atoms with Gasteiger partial charge in [0.1, 0.15) is 12.5 Å². The van der Waals surface area contributed by atoms with Gasteiger partial charge in [-0.1, -0.05) is 24.3 Å². The van der Waals surface area contributed by atoms with Gasteiger partial charge in [-0.2, -0.15) is 0 Å². The Labute approximate surface area is 89.3 Å². The van der Waals surface area contributed by atoms with Gasteiger partial charge in [-0.15, -0.1) is 0 Å². The summed E-state index contributed by atoms with van der Waals surface area (Å²) in [6.07, 6.45) is 3.59. The van der Waals surface area contributed by atoms with E-state index in [2.05, 4.69) is 0 Å². The molecule has 2 heteroatoms. The van der Waals surface area contributed by atoms with E-state index in [0.29, 0.717) is 24.3 Å². The highest BCUT2D eigenvalue weighted by atomic mass is 19.1. The summed E-state index contributed by atoms with van der Waals surface area (Å²) >= 11 is 0. The highest BCUT2D eigenvalue weighted by Crippen LogP contribution is 2.34. The molecule has 1 aromatic rings. The molecule has 0 radical (unpaired) electrons. The summed E-state index contributed by atoms with van der Waals surface area (Å²) in [5, 5.41) is 0. The summed E-state index contributed by atoms with van der Waals surface area (Å²) in [6, 6.07) is 7.52. The van der Waals surface area contributed by atoms with E-state index in [1.165, 1.54) is 5.56 Å². The molecule has 0 spiro atoms. The van der Waals surface area contributed by atoms with Gasteiger partial charge in [0.15, 0.2) is 0 Å². The minimum absolute atomic E-state index is 0.342. The SMILES string of the molecule is O=Cc1ccc(C2CCCC(F)C2)cc1. The summed E-state index contributed by atoms with van der Waals surface area (Å²) in [5.41, 5.74) is 1.86. The van der Waals surface area contributed by atoms with Gasteiger partial charge in [0.05, 0.1) is 0 Å². The summed E-state index contributed by atoms with van der Waals surface area (Å²) in [5.74, 6) is 0.342. The first-order chi connectivity index (χ1) is 7.29. The van der Waals surface area contributed by atoms with E-state index in [9.17, 15) is 9.18 Å². The molecular weight excluding hydrogens is 191 g/mol. The molecule has 1 nitrogen and oxygen atoms in total. The Morgan fingerprint density at radius 1 is 1.20 bits per heavy atom. The minimum Gasteiger partial charge on any atom is -0.298 e. The Morgan fingerprint density at radius 2 is 1.93 bits per heavy atom. The number of alkyl halides is 1. The molecule has 15 heavy (non-hydrogen) atoms. The van der Waals surface area contributed by atoms with Crippen LogP contribution in [0.5, 0.6) is 0 Å². The van der Waals surface area contributed by atoms with Crippen LogP contribution in [0.25, 0.3) is 0 Å². The van der Waals surface area contributed by atoms with E-state index in [4.69, 9.17) is 0 Å². The normalized spacial score (nSPS) is 26.2. The Kier molecular flexibility index (Phi) is 3.14. The molecule has 0 bridgehead atoms. The summed E-state index contributed by atoms with van der Waals surface area (Å²) in [6.45, 7) is 0. The molecule has 0 N–H and O–H groups in total. The Balaban J connectivity index is 2.11. The van der Waals surface area contributed by atoms with Crippen LogP contribution in [0.15, 0.2) is 24.3 Å². The van der Waals surface area contributed by atoms with Gasteiger partial charge in [-0.25, -0.2) is 4.39 Å². The number of halogens is 1. The van der Waals surface area contributed by atoms with Crippen molar-refractivity contribution in [2.45, 2.75) is 37.8 Å².